The summed E-state index contributed by atoms with van der Waals surface area (Å²) in [5, 5.41) is 14.4. The second-order valence-corrected chi connectivity index (χ2v) is 4.90. The van der Waals surface area contributed by atoms with Crippen LogP contribution in [0.5, 0.6) is 0 Å². The first-order valence-electron chi connectivity index (χ1n) is 5.79. The van der Waals surface area contributed by atoms with Crippen molar-refractivity contribution in [1.82, 2.24) is 0 Å². The number of oxime groups is 1. The van der Waals surface area contributed by atoms with E-state index in [4.69, 9.17) is 4.84 Å². The Kier molecular flexibility index (Phi) is 4.84. The average Bonchev–Trinajstić information content (AvgIpc) is 2.46. The molecule has 0 aliphatic carbocycles. The molecule has 0 atom stereocenters. The molecule has 0 saturated heterocycles. The van der Waals surface area contributed by atoms with E-state index >= 15 is 0 Å². The van der Waals surface area contributed by atoms with E-state index in [1.807, 2.05) is 24.3 Å². The van der Waals surface area contributed by atoms with Gasteiger partial charge in [-0.1, -0.05) is 45.4 Å². The SMILES string of the molecule is O=[N+]([O-])c1cccc(/C=N\OCc2ccc(Br)cc2)c1. The molecule has 5 nitrogen and oxygen atoms in total. The Balaban J connectivity index is 1.91. The van der Waals surface area contributed by atoms with Crippen molar-refractivity contribution in [1.29, 1.82) is 0 Å². The maximum absolute atomic E-state index is 10.6. The fourth-order valence-corrected chi connectivity index (χ4v) is 1.77. The van der Waals surface area contributed by atoms with Gasteiger partial charge in [0.05, 0.1) is 11.1 Å². The molecule has 0 spiro atoms. The third-order valence-corrected chi connectivity index (χ3v) is 3.03. The third kappa shape index (κ3) is 4.17. The Bertz CT molecular complexity index is 627. The van der Waals surface area contributed by atoms with Crippen LogP contribution in [0.1, 0.15) is 11.1 Å². The second kappa shape index (κ2) is 6.81. The summed E-state index contributed by atoms with van der Waals surface area (Å²) in [5.41, 5.74) is 1.64. The zero-order chi connectivity index (χ0) is 14.4. The standard InChI is InChI=1S/C14H11BrN2O3/c15-13-6-4-11(5-7-13)10-20-16-9-12-2-1-3-14(8-12)17(18)19/h1-9H,10H2/b16-9-. The second-order valence-electron chi connectivity index (χ2n) is 3.99. The predicted octanol–water partition coefficient (Wildman–Crippen LogP) is 3.91. The van der Waals surface area contributed by atoms with Gasteiger partial charge >= 0.3 is 0 Å². The van der Waals surface area contributed by atoms with Crippen molar-refractivity contribution in [3.8, 4) is 0 Å². The van der Waals surface area contributed by atoms with Gasteiger partial charge in [0.2, 0.25) is 0 Å². The van der Waals surface area contributed by atoms with Gasteiger partial charge in [-0.05, 0) is 17.7 Å². The molecule has 0 aliphatic rings. The van der Waals surface area contributed by atoms with Gasteiger partial charge in [-0.15, -0.1) is 0 Å². The first kappa shape index (κ1) is 14.2. The molecule has 0 fully saturated rings. The molecule has 20 heavy (non-hydrogen) atoms. The number of halogens is 1. The van der Waals surface area contributed by atoms with Crippen LogP contribution in [0.3, 0.4) is 0 Å². The van der Waals surface area contributed by atoms with E-state index in [0.717, 1.165) is 10.0 Å². The van der Waals surface area contributed by atoms with Crippen LogP contribution in [0.25, 0.3) is 0 Å². The lowest BCUT2D eigenvalue weighted by molar-refractivity contribution is -0.384. The number of hydrogen-bond acceptors (Lipinski definition) is 4. The normalized spacial score (nSPS) is 10.7. The first-order valence-corrected chi connectivity index (χ1v) is 6.59. The van der Waals surface area contributed by atoms with Crippen LogP contribution < -0.4 is 0 Å². The minimum Gasteiger partial charge on any atom is -0.391 e. The molecule has 2 rings (SSSR count). The summed E-state index contributed by atoms with van der Waals surface area (Å²) in [6.45, 7) is 0.346. The highest BCUT2D eigenvalue weighted by molar-refractivity contribution is 9.10. The van der Waals surface area contributed by atoms with E-state index in [0.29, 0.717) is 12.2 Å². The molecule has 0 amide bonds. The monoisotopic (exact) mass is 334 g/mol. The van der Waals surface area contributed by atoms with Crippen molar-refractivity contribution in [2.24, 2.45) is 5.16 Å². The molecule has 0 unspecified atom stereocenters. The summed E-state index contributed by atoms with van der Waals surface area (Å²) < 4.78 is 1.00. The minimum atomic E-state index is -0.444. The Morgan fingerprint density at radius 1 is 1.25 bits per heavy atom. The maximum Gasteiger partial charge on any atom is 0.270 e. The topological polar surface area (TPSA) is 64.7 Å². The fraction of sp³-hybridized carbons (Fsp3) is 0.0714. The molecule has 0 aliphatic heterocycles. The molecule has 6 heteroatoms. The zero-order valence-corrected chi connectivity index (χ0v) is 12.0. The lowest BCUT2D eigenvalue weighted by Crippen LogP contribution is -1.91. The van der Waals surface area contributed by atoms with Crippen LogP contribution >= 0.6 is 15.9 Å². The molecule has 102 valence electrons. The van der Waals surface area contributed by atoms with Gasteiger partial charge in [0.25, 0.3) is 5.69 Å². The number of nitro benzene ring substituents is 1. The van der Waals surface area contributed by atoms with E-state index in [1.165, 1.54) is 18.3 Å². The van der Waals surface area contributed by atoms with Gasteiger partial charge in [0, 0.05) is 22.2 Å². The van der Waals surface area contributed by atoms with Crippen LogP contribution in [0.2, 0.25) is 0 Å². The quantitative estimate of drug-likeness (QED) is 0.473. The Morgan fingerprint density at radius 3 is 2.70 bits per heavy atom. The molecule has 0 heterocycles. The van der Waals surface area contributed by atoms with E-state index in [1.54, 1.807) is 12.1 Å². The molecule has 0 bridgehead atoms. The van der Waals surface area contributed by atoms with Crippen molar-refractivity contribution in [3.05, 3.63) is 74.2 Å². The van der Waals surface area contributed by atoms with Gasteiger partial charge in [-0.3, -0.25) is 10.1 Å². The number of hydrogen-bond donors (Lipinski definition) is 0. The van der Waals surface area contributed by atoms with Crippen LogP contribution in [0, 0.1) is 10.1 Å². The van der Waals surface area contributed by atoms with Crippen molar-refractivity contribution in [2.45, 2.75) is 6.61 Å². The van der Waals surface area contributed by atoms with Crippen LogP contribution in [-0.2, 0) is 11.4 Å². The van der Waals surface area contributed by atoms with Crippen molar-refractivity contribution in [2.75, 3.05) is 0 Å². The van der Waals surface area contributed by atoms with Gasteiger partial charge in [-0.25, -0.2) is 0 Å². The van der Waals surface area contributed by atoms with Crippen LogP contribution in [-0.4, -0.2) is 11.1 Å². The Hall–Kier alpha value is -2.21. The van der Waals surface area contributed by atoms with Gasteiger partial charge in [0.15, 0.2) is 0 Å². The smallest absolute Gasteiger partial charge is 0.270 e. The lowest BCUT2D eigenvalue weighted by atomic mass is 10.2. The highest BCUT2D eigenvalue weighted by atomic mass is 79.9. The van der Waals surface area contributed by atoms with E-state index in [9.17, 15) is 10.1 Å². The number of benzene rings is 2. The molecule has 0 aromatic heterocycles. The van der Waals surface area contributed by atoms with Crippen LogP contribution in [0.4, 0.5) is 5.69 Å². The first-order chi connectivity index (χ1) is 9.65. The Labute approximate surface area is 124 Å². The molecular weight excluding hydrogens is 324 g/mol. The summed E-state index contributed by atoms with van der Waals surface area (Å²) in [6.07, 6.45) is 1.45. The molecule has 2 aromatic carbocycles. The van der Waals surface area contributed by atoms with Crippen molar-refractivity contribution in [3.63, 3.8) is 0 Å². The van der Waals surface area contributed by atoms with E-state index in [2.05, 4.69) is 21.1 Å². The highest BCUT2D eigenvalue weighted by Crippen LogP contribution is 2.12. The molecule has 0 saturated carbocycles. The van der Waals surface area contributed by atoms with E-state index < -0.39 is 4.92 Å². The average molecular weight is 335 g/mol. The summed E-state index contributed by atoms with van der Waals surface area (Å²) >= 11 is 3.35. The Morgan fingerprint density at radius 2 is 2.00 bits per heavy atom. The van der Waals surface area contributed by atoms with Crippen molar-refractivity contribution < 1.29 is 9.76 Å². The highest BCUT2D eigenvalue weighted by Gasteiger charge is 2.03. The number of non-ortho nitro benzene ring substituents is 1. The van der Waals surface area contributed by atoms with Gasteiger partial charge < -0.3 is 4.84 Å². The number of nitro groups is 1. The largest absolute Gasteiger partial charge is 0.391 e. The summed E-state index contributed by atoms with van der Waals surface area (Å²) in [4.78, 5) is 15.3. The maximum atomic E-state index is 10.6. The lowest BCUT2D eigenvalue weighted by Gasteiger charge is -1.99. The molecule has 0 N–H and O–H groups in total. The van der Waals surface area contributed by atoms with Crippen LogP contribution in [0.15, 0.2) is 58.2 Å². The number of rotatable bonds is 5. The van der Waals surface area contributed by atoms with E-state index in [-0.39, 0.29) is 5.69 Å². The molecular formula is C14H11BrN2O3. The summed E-state index contributed by atoms with van der Waals surface area (Å²) in [6, 6.07) is 13.9. The van der Waals surface area contributed by atoms with Gasteiger partial charge in [-0.2, -0.15) is 0 Å². The zero-order valence-electron chi connectivity index (χ0n) is 10.4. The summed E-state index contributed by atoms with van der Waals surface area (Å²) in [5.74, 6) is 0. The third-order valence-electron chi connectivity index (χ3n) is 2.50. The summed E-state index contributed by atoms with van der Waals surface area (Å²) in [7, 11) is 0. The molecule has 0 radical (unpaired) electrons. The van der Waals surface area contributed by atoms with Crippen molar-refractivity contribution >= 4 is 27.8 Å². The predicted molar refractivity (Wildman–Crippen MR) is 79.6 cm³/mol. The fourth-order valence-electron chi connectivity index (χ4n) is 1.51. The van der Waals surface area contributed by atoms with Gasteiger partial charge in [0.1, 0.15) is 6.61 Å². The number of nitrogens with zero attached hydrogens (tertiary/aromatic N) is 2. The minimum absolute atomic E-state index is 0.0295. The molecule has 2 aromatic rings.